The highest BCUT2D eigenvalue weighted by atomic mass is 32.1. The molecule has 4 aromatic heterocycles. The number of fused-ring (bicyclic) bond motifs is 19. The van der Waals surface area contributed by atoms with Crippen LogP contribution in [-0.2, 0) is 5.41 Å². The van der Waals surface area contributed by atoms with Gasteiger partial charge in [0.2, 0.25) is 0 Å². The van der Waals surface area contributed by atoms with Crippen molar-refractivity contribution in [3.05, 3.63) is 235 Å². The van der Waals surface area contributed by atoms with Gasteiger partial charge in [0.1, 0.15) is 22.3 Å². The van der Waals surface area contributed by atoms with E-state index in [1.807, 2.05) is 36.4 Å². The monoisotopic (exact) mass is 925 g/mol. The van der Waals surface area contributed by atoms with Gasteiger partial charge in [0.25, 0.3) is 0 Å². The van der Waals surface area contributed by atoms with Crippen LogP contribution in [0.1, 0.15) is 29.7 Å². The quantitative estimate of drug-likeness (QED) is 0.176. The third-order valence-electron chi connectivity index (χ3n) is 15.0. The Bertz CT molecular complexity index is 4530. The predicted molar refractivity (Wildman–Crippen MR) is 292 cm³/mol. The fourth-order valence-electron chi connectivity index (χ4n) is 12.2. The first-order valence-electron chi connectivity index (χ1n) is 23.7. The topological polar surface area (TPSA) is 65.0 Å². The van der Waals surface area contributed by atoms with Crippen molar-refractivity contribution >= 4 is 75.4 Å². The van der Waals surface area contributed by atoms with Crippen LogP contribution in [0.3, 0.4) is 0 Å². The number of hydrogen-bond acceptors (Lipinski definition) is 6. The molecule has 0 bridgehead atoms. The number of thiophene rings is 1. The largest absolute Gasteiger partial charge is 0.456 e. The molecule has 0 amide bonds. The molecular weight excluding hydrogens is 887 g/mol. The molecule has 6 heteroatoms. The fourth-order valence-corrected chi connectivity index (χ4v) is 13.4. The van der Waals surface area contributed by atoms with Crippen LogP contribution < -0.4 is 0 Å². The molecule has 332 valence electrons. The van der Waals surface area contributed by atoms with Crippen LogP contribution in [0.15, 0.2) is 221 Å². The molecule has 0 atom stereocenters. The van der Waals surface area contributed by atoms with Crippen molar-refractivity contribution in [3.8, 4) is 67.5 Å². The molecule has 0 N–H and O–H groups in total. The van der Waals surface area contributed by atoms with Gasteiger partial charge in [-0.1, -0.05) is 171 Å². The first-order chi connectivity index (χ1) is 34.7. The molecular formula is C65H39N3O2S. The van der Waals surface area contributed by atoms with E-state index in [-0.39, 0.29) is 7.43 Å². The van der Waals surface area contributed by atoms with Crippen molar-refractivity contribution in [2.45, 2.75) is 12.8 Å². The third kappa shape index (κ3) is 5.37. The molecule has 2 aliphatic carbocycles. The second-order valence-electron chi connectivity index (χ2n) is 18.5. The summed E-state index contributed by atoms with van der Waals surface area (Å²) in [7, 11) is 0. The van der Waals surface area contributed by atoms with E-state index in [0.717, 1.165) is 76.4 Å². The van der Waals surface area contributed by atoms with Crippen molar-refractivity contribution < 1.29 is 8.83 Å². The van der Waals surface area contributed by atoms with Gasteiger partial charge >= 0.3 is 0 Å². The van der Waals surface area contributed by atoms with E-state index in [0.29, 0.717) is 17.5 Å². The molecule has 14 aromatic rings. The summed E-state index contributed by atoms with van der Waals surface area (Å²) in [5.74, 6) is 1.72. The Morgan fingerprint density at radius 3 is 1.55 bits per heavy atom. The number of hydrogen-bond donors (Lipinski definition) is 0. The zero-order valence-electron chi connectivity index (χ0n) is 37.3. The molecule has 0 unspecified atom stereocenters. The molecule has 2 aliphatic rings. The summed E-state index contributed by atoms with van der Waals surface area (Å²) in [6, 6.07) is 76.0. The number of para-hydroxylation sites is 2. The summed E-state index contributed by atoms with van der Waals surface area (Å²) in [6.07, 6.45) is 0. The van der Waals surface area contributed by atoms with E-state index in [1.165, 1.54) is 60.0 Å². The number of furan rings is 2. The summed E-state index contributed by atoms with van der Waals surface area (Å²) in [5.41, 5.74) is 17.8. The van der Waals surface area contributed by atoms with E-state index in [2.05, 4.69) is 176 Å². The normalized spacial score (nSPS) is 13.1. The van der Waals surface area contributed by atoms with Gasteiger partial charge in [-0.25, -0.2) is 15.0 Å². The number of benzene rings is 10. The second kappa shape index (κ2) is 14.8. The van der Waals surface area contributed by atoms with Crippen LogP contribution in [0.4, 0.5) is 0 Å². The summed E-state index contributed by atoms with van der Waals surface area (Å²) in [5, 5.41) is 6.33. The predicted octanol–water partition coefficient (Wildman–Crippen LogP) is 17.7. The Hall–Kier alpha value is -8.97. The molecule has 1 spiro atoms. The first-order valence-corrected chi connectivity index (χ1v) is 24.5. The van der Waals surface area contributed by atoms with Gasteiger partial charge in [-0.15, -0.1) is 11.3 Å². The lowest BCUT2D eigenvalue weighted by Gasteiger charge is -2.30. The zero-order chi connectivity index (χ0) is 45.7. The van der Waals surface area contributed by atoms with Crippen molar-refractivity contribution in [2.24, 2.45) is 0 Å². The lowest BCUT2D eigenvalue weighted by atomic mass is 9.70. The Kier molecular flexibility index (Phi) is 8.31. The van der Waals surface area contributed by atoms with E-state index >= 15 is 0 Å². The molecule has 0 aliphatic heterocycles. The molecule has 0 saturated heterocycles. The van der Waals surface area contributed by atoms with E-state index in [4.69, 9.17) is 23.8 Å². The van der Waals surface area contributed by atoms with Gasteiger partial charge < -0.3 is 8.83 Å². The van der Waals surface area contributed by atoms with Crippen LogP contribution in [-0.4, -0.2) is 15.0 Å². The molecule has 0 fully saturated rings. The summed E-state index contributed by atoms with van der Waals surface area (Å²) in [4.78, 5) is 16.7. The van der Waals surface area contributed by atoms with Crippen LogP contribution in [0.5, 0.6) is 0 Å². The van der Waals surface area contributed by atoms with Crippen LogP contribution in [0.25, 0.3) is 132 Å². The van der Waals surface area contributed by atoms with Crippen molar-refractivity contribution in [3.63, 3.8) is 0 Å². The molecule has 16 rings (SSSR count). The Morgan fingerprint density at radius 1 is 0.338 bits per heavy atom. The molecule has 0 radical (unpaired) electrons. The van der Waals surface area contributed by atoms with Gasteiger partial charge in [-0.2, -0.15) is 0 Å². The molecule has 5 nitrogen and oxygen atoms in total. The highest BCUT2D eigenvalue weighted by Gasteiger charge is 2.51. The zero-order valence-corrected chi connectivity index (χ0v) is 38.1. The van der Waals surface area contributed by atoms with Crippen LogP contribution in [0.2, 0.25) is 0 Å². The van der Waals surface area contributed by atoms with E-state index in [9.17, 15) is 0 Å². The average Bonchev–Trinajstić information content (AvgIpc) is 4.25. The summed E-state index contributed by atoms with van der Waals surface area (Å²) >= 11 is 1.77. The second-order valence-corrected chi connectivity index (χ2v) is 19.5. The van der Waals surface area contributed by atoms with E-state index in [1.54, 1.807) is 11.3 Å². The summed E-state index contributed by atoms with van der Waals surface area (Å²) in [6.45, 7) is 0. The Labute approximate surface area is 412 Å². The average molecular weight is 926 g/mol. The van der Waals surface area contributed by atoms with Crippen molar-refractivity contribution in [1.29, 1.82) is 0 Å². The van der Waals surface area contributed by atoms with Gasteiger partial charge in [0.05, 0.1) is 5.41 Å². The molecule has 10 aromatic carbocycles. The highest BCUT2D eigenvalue weighted by molar-refractivity contribution is 7.26. The van der Waals surface area contributed by atoms with Crippen LogP contribution >= 0.6 is 11.3 Å². The minimum absolute atomic E-state index is 0. The first kappa shape index (κ1) is 40.0. The van der Waals surface area contributed by atoms with E-state index < -0.39 is 5.41 Å². The van der Waals surface area contributed by atoms with Gasteiger partial charge in [-0.05, 0) is 104 Å². The SMILES string of the molecule is C.c1ccc2c(c1)-c1ccccc1C21c2ccccc2-c2cc(-c3ccc4oc5ccccc5c4c3-c3nc(-c4cccc5c4sc4ccccc45)nc(-c4cccc5oc6ccccc6c45)n3)ccc21. The molecule has 0 saturated carbocycles. The fraction of sp³-hybridized carbons (Fsp3) is 0.0308. The number of aromatic nitrogens is 3. The maximum atomic E-state index is 6.69. The molecule has 4 heterocycles. The Morgan fingerprint density at radius 2 is 0.831 bits per heavy atom. The van der Waals surface area contributed by atoms with Gasteiger partial charge in [0.15, 0.2) is 17.5 Å². The van der Waals surface area contributed by atoms with Crippen LogP contribution in [0, 0.1) is 0 Å². The van der Waals surface area contributed by atoms with Crippen molar-refractivity contribution in [1.82, 2.24) is 15.0 Å². The molecule has 71 heavy (non-hydrogen) atoms. The standard InChI is InChI=1S/C64H35N3O2S.CH4/c1-7-24-48-38(15-1)39-16-2-8-25-49(39)64(48)50-26-9-3-17-40(50)47-35-36(31-33-51(47)64)37-32-34-55-58(44-20-5-11-28-53(44)69-55)59(37)63-66-61(45-22-14-29-54-57(45)43-19-4-10-27-52(43)68-54)65-62(67-63)46-23-13-21-42-41-18-6-12-30-56(41)70-60(42)46;/h1-35H;1H4. The maximum Gasteiger partial charge on any atom is 0.165 e. The lowest BCUT2D eigenvalue weighted by molar-refractivity contribution is 0.668. The highest BCUT2D eigenvalue weighted by Crippen LogP contribution is 2.63. The number of nitrogens with zero attached hydrogens (tertiary/aromatic N) is 3. The minimum atomic E-state index is -0.449. The maximum absolute atomic E-state index is 6.69. The smallest absolute Gasteiger partial charge is 0.165 e. The number of rotatable bonds is 4. The summed E-state index contributed by atoms with van der Waals surface area (Å²) < 4.78 is 15.5. The minimum Gasteiger partial charge on any atom is -0.456 e. The third-order valence-corrected chi connectivity index (χ3v) is 16.2. The van der Waals surface area contributed by atoms with Gasteiger partial charge in [0, 0.05) is 58.4 Å². The Balaban J connectivity index is 0.00000452. The van der Waals surface area contributed by atoms with Gasteiger partial charge in [-0.3, -0.25) is 0 Å². The lowest BCUT2D eigenvalue weighted by Crippen LogP contribution is -2.25. The van der Waals surface area contributed by atoms with Crippen molar-refractivity contribution in [2.75, 3.05) is 0 Å².